The van der Waals surface area contributed by atoms with Gasteiger partial charge in [-0.3, -0.25) is 4.79 Å². The lowest BCUT2D eigenvalue weighted by Gasteiger charge is -2.30. The number of allylic oxidation sites excluding steroid dienone is 3. The predicted molar refractivity (Wildman–Crippen MR) is 121 cm³/mol. The Morgan fingerprint density at radius 1 is 1.16 bits per heavy atom. The van der Waals surface area contributed by atoms with E-state index in [9.17, 15) is 9.59 Å². The molecule has 0 aliphatic carbocycles. The average molecular weight is 454 g/mol. The molecule has 1 aliphatic rings. The zero-order chi connectivity index (χ0) is 22.1. The summed E-state index contributed by atoms with van der Waals surface area (Å²) in [6, 6.07) is 7.21. The number of hydrogen-bond acceptors (Lipinski definition) is 7. The predicted octanol–water partition coefficient (Wildman–Crippen LogP) is 4.91. The van der Waals surface area contributed by atoms with Gasteiger partial charge in [0.15, 0.2) is 5.78 Å². The first-order valence-electron chi connectivity index (χ1n) is 9.66. The number of esters is 1. The third-order valence-corrected chi connectivity index (χ3v) is 6.35. The van der Waals surface area contributed by atoms with Gasteiger partial charge in [-0.05, 0) is 43.8 Å². The van der Waals surface area contributed by atoms with E-state index in [4.69, 9.17) is 16.3 Å². The van der Waals surface area contributed by atoms with Crippen LogP contribution in [0.2, 0.25) is 5.15 Å². The number of Topliss-reactive ketones (excluding diaryl/α,β-unsaturated/α-hetero) is 1. The van der Waals surface area contributed by atoms with E-state index in [0.29, 0.717) is 22.0 Å². The zero-order valence-corrected chi connectivity index (χ0v) is 18.8. The topological polar surface area (TPSA) is 81.2 Å². The number of dihydropyridines is 1. The van der Waals surface area contributed by atoms with Crippen molar-refractivity contribution < 1.29 is 14.3 Å². The monoisotopic (exact) mass is 453 g/mol. The van der Waals surface area contributed by atoms with Crippen molar-refractivity contribution in [2.24, 2.45) is 0 Å². The van der Waals surface area contributed by atoms with Crippen molar-refractivity contribution in [3.05, 3.63) is 80.9 Å². The minimum Gasteiger partial charge on any atom is -0.457 e. The van der Waals surface area contributed by atoms with Crippen molar-refractivity contribution in [2.45, 2.75) is 33.3 Å². The lowest BCUT2D eigenvalue weighted by molar-refractivity contribution is -0.140. The summed E-state index contributed by atoms with van der Waals surface area (Å²) in [5.74, 6) is -1.12. The minimum atomic E-state index is -0.535. The molecule has 0 amide bonds. The van der Waals surface area contributed by atoms with Crippen LogP contribution in [0, 0.1) is 0 Å². The van der Waals surface area contributed by atoms with E-state index in [1.807, 2.05) is 31.4 Å². The molecule has 1 aliphatic heterocycles. The van der Waals surface area contributed by atoms with Gasteiger partial charge in [0.1, 0.15) is 16.6 Å². The number of halogens is 1. The SMILES string of the molecule is CC(=O)C1=C(C)NC(C)=C(C(=O)OCc2ccc(Cl)nc2)C1c1csc2ncccc12. The number of hydrogen-bond donors (Lipinski definition) is 1. The van der Waals surface area contributed by atoms with Crippen LogP contribution >= 0.6 is 22.9 Å². The Morgan fingerprint density at radius 3 is 2.65 bits per heavy atom. The number of ether oxygens (including phenoxy) is 1. The molecule has 8 heteroatoms. The molecular formula is C23H20ClN3O3S. The number of carbonyl (C=O) groups is 2. The number of fused-ring (bicyclic) bond motifs is 1. The molecule has 0 saturated heterocycles. The van der Waals surface area contributed by atoms with Crippen molar-refractivity contribution in [1.82, 2.24) is 15.3 Å². The van der Waals surface area contributed by atoms with E-state index in [1.165, 1.54) is 18.3 Å². The van der Waals surface area contributed by atoms with Crippen molar-refractivity contribution in [3.63, 3.8) is 0 Å². The summed E-state index contributed by atoms with van der Waals surface area (Å²) >= 11 is 7.31. The number of rotatable bonds is 5. The van der Waals surface area contributed by atoms with Crippen LogP contribution in [0.3, 0.4) is 0 Å². The van der Waals surface area contributed by atoms with Crippen LogP contribution in [-0.2, 0) is 20.9 Å². The molecule has 0 saturated carbocycles. The minimum absolute atomic E-state index is 0.0521. The fourth-order valence-electron chi connectivity index (χ4n) is 3.87. The summed E-state index contributed by atoms with van der Waals surface area (Å²) in [6.07, 6.45) is 3.30. The van der Waals surface area contributed by atoms with Crippen LogP contribution in [0.15, 0.2) is 64.6 Å². The van der Waals surface area contributed by atoms with Gasteiger partial charge in [0.2, 0.25) is 0 Å². The third-order valence-electron chi connectivity index (χ3n) is 5.21. The van der Waals surface area contributed by atoms with Gasteiger partial charge in [0, 0.05) is 46.2 Å². The van der Waals surface area contributed by atoms with Crippen LogP contribution < -0.4 is 5.32 Å². The summed E-state index contributed by atoms with van der Waals surface area (Å²) in [6.45, 7) is 5.24. The molecule has 1 N–H and O–H groups in total. The smallest absolute Gasteiger partial charge is 0.337 e. The maximum absolute atomic E-state index is 13.3. The molecule has 0 spiro atoms. The van der Waals surface area contributed by atoms with Gasteiger partial charge in [-0.25, -0.2) is 14.8 Å². The fourth-order valence-corrected chi connectivity index (χ4v) is 4.92. The van der Waals surface area contributed by atoms with E-state index in [2.05, 4.69) is 15.3 Å². The fraction of sp³-hybridized carbons (Fsp3) is 0.217. The molecule has 0 fully saturated rings. The van der Waals surface area contributed by atoms with Crippen molar-refractivity contribution in [3.8, 4) is 0 Å². The molecular weight excluding hydrogens is 434 g/mol. The molecule has 3 aromatic rings. The Morgan fingerprint density at radius 2 is 1.94 bits per heavy atom. The first-order chi connectivity index (χ1) is 14.9. The molecule has 4 rings (SSSR count). The molecule has 1 unspecified atom stereocenters. The second kappa shape index (κ2) is 8.61. The number of nitrogens with one attached hydrogen (secondary N) is 1. The Labute approximate surface area is 188 Å². The third kappa shape index (κ3) is 4.11. The molecule has 3 aromatic heterocycles. The highest BCUT2D eigenvalue weighted by atomic mass is 35.5. The summed E-state index contributed by atoms with van der Waals surface area (Å²) in [4.78, 5) is 35.2. The van der Waals surface area contributed by atoms with Gasteiger partial charge in [-0.15, -0.1) is 11.3 Å². The Kier molecular flexibility index (Phi) is 5.89. The summed E-state index contributed by atoms with van der Waals surface area (Å²) in [5, 5.41) is 6.44. The van der Waals surface area contributed by atoms with Crippen LogP contribution in [0.4, 0.5) is 0 Å². The highest BCUT2D eigenvalue weighted by Crippen LogP contribution is 2.43. The molecule has 0 aromatic carbocycles. The van der Waals surface area contributed by atoms with Gasteiger partial charge in [-0.1, -0.05) is 23.7 Å². The van der Waals surface area contributed by atoms with Gasteiger partial charge >= 0.3 is 5.97 Å². The maximum atomic E-state index is 13.3. The number of pyridine rings is 2. The molecule has 0 radical (unpaired) electrons. The van der Waals surface area contributed by atoms with Crippen molar-refractivity contribution in [2.75, 3.05) is 0 Å². The normalized spacial score (nSPS) is 16.5. The van der Waals surface area contributed by atoms with E-state index in [0.717, 1.165) is 27.0 Å². The molecule has 31 heavy (non-hydrogen) atoms. The summed E-state index contributed by atoms with van der Waals surface area (Å²) in [7, 11) is 0. The summed E-state index contributed by atoms with van der Waals surface area (Å²) in [5.41, 5.74) is 3.96. The van der Waals surface area contributed by atoms with Crippen LogP contribution in [-0.4, -0.2) is 21.7 Å². The second-order valence-corrected chi connectivity index (χ2v) is 8.55. The highest BCUT2D eigenvalue weighted by Gasteiger charge is 2.37. The Bertz CT molecular complexity index is 1240. The van der Waals surface area contributed by atoms with E-state index in [-0.39, 0.29) is 12.4 Å². The lowest BCUT2D eigenvalue weighted by Crippen LogP contribution is -2.31. The zero-order valence-electron chi connectivity index (χ0n) is 17.2. The molecule has 6 nitrogen and oxygen atoms in total. The van der Waals surface area contributed by atoms with Gasteiger partial charge in [-0.2, -0.15) is 0 Å². The average Bonchev–Trinajstić information content (AvgIpc) is 3.16. The number of nitrogens with zero attached hydrogens (tertiary/aromatic N) is 2. The first kappa shape index (κ1) is 21.2. The van der Waals surface area contributed by atoms with Gasteiger partial charge in [0.25, 0.3) is 0 Å². The first-order valence-corrected chi connectivity index (χ1v) is 10.9. The number of ketones is 1. The summed E-state index contributed by atoms with van der Waals surface area (Å²) < 4.78 is 5.62. The Balaban J connectivity index is 1.75. The Hall–Kier alpha value is -3.03. The number of thiophene rings is 1. The van der Waals surface area contributed by atoms with E-state index < -0.39 is 11.9 Å². The largest absolute Gasteiger partial charge is 0.457 e. The van der Waals surface area contributed by atoms with Crippen molar-refractivity contribution in [1.29, 1.82) is 0 Å². The van der Waals surface area contributed by atoms with E-state index in [1.54, 1.807) is 24.5 Å². The van der Waals surface area contributed by atoms with Crippen LogP contribution in [0.1, 0.15) is 37.8 Å². The lowest BCUT2D eigenvalue weighted by atomic mass is 9.79. The molecule has 4 heterocycles. The van der Waals surface area contributed by atoms with Crippen molar-refractivity contribution >= 4 is 44.9 Å². The number of carbonyl (C=O) groups excluding carboxylic acids is 2. The van der Waals surface area contributed by atoms with Crippen LogP contribution in [0.25, 0.3) is 10.2 Å². The van der Waals surface area contributed by atoms with Gasteiger partial charge < -0.3 is 10.1 Å². The molecule has 0 bridgehead atoms. The number of aromatic nitrogens is 2. The quantitative estimate of drug-likeness (QED) is 0.436. The molecule has 1 atom stereocenters. The van der Waals surface area contributed by atoms with Crippen LogP contribution in [0.5, 0.6) is 0 Å². The van der Waals surface area contributed by atoms with Gasteiger partial charge in [0.05, 0.1) is 5.57 Å². The molecule has 158 valence electrons. The highest BCUT2D eigenvalue weighted by molar-refractivity contribution is 7.16. The maximum Gasteiger partial charge on any atom is 0.337 e. The standard InChI is InChI=1S/C23H20ClN3O3S/c1-12-19(14(3)28)21(17-11-31-22-16(17)5-4-8-25-22)20(13(2)27-12)23(29)30-10-15-6-7-18(24)26-9-15/h4-9,11,21,27H,10H2,1-3H3. The van der Waals surface area contributed by atoms with E-state index >= 15 is 0 Å². The second-order valence-electron chi connectivity index (χ2n) is 7.30.